The Morgan fingerprint density at radius 1 is 1.37 bits per heavy atom. The molecular formula is C11H8Cl2N2O3S. The summed E-state index contributed by atoms with van der Waals surface area (Å²) in [6.07, 6.45) is 0. The molecule has 1 aromatic carbocycles. The number of nitrogens with zero attached hydrogens (tertiary/aromatic N) is 2. The fourth-order valence-electron chi connectivity index (χ4n) is 1.18. The molecule has 2 rings (SSSR count). The van der Waals surface area contributed by atoms with Crippen LogP contribution in [0.1, 0.15) is 16.7 Å². The quantitative estimate of drug-likeness (QED) is 0.802. The summed E-state index contributed by atoms with van der Waals surface area (Å²) in [5.41, 5.74) is 0. The van der Waals surface area contributed by atoms with Crippen molar-refractivity contribution < 1.29 is 14.3 Å². The van der Waals surface area contributed by atoms with Crippen molar-refractivity contribution in [3.8, 4) is 10.9 Å². The summed E-state index contributed by atoms with van der Waals surface area (Å²) in [5.74, 6) is -0.144. The number of carbonyl (C=O) groups is 1. The van der Waals surface area contributed by atoms with E-state index in [1.54, 1.807) is 25.1 Å². The minimum absolute atomic E-state index is 0.127. The summed E-state index contributed by atoms with van der Waals surface area (Å²) in [6, 6.07) is 4.79. The lowest BCUT2D eigenvalue weighted by Gasteiger charge is -2.03. The van der Waals surface area contributed by atoms with Crippen molar-refractivity contribution in [3.63, 3.8) is 0 Å². The summed E-state index contributed by atoms with van der Waals surface area (Å²) >= 11 is 12.7. The zero-order chi connectivity index (χ0) is 13.8. The van der Waals surface area contributed by atoms with Crippen molar-refractivity contribution >= 4 is 40.5 Å². The fourth-order valence-corrected chi connectivity index (χ4v) is 2.23. The Kier molecular flexibility index (Phi) is 4.57. The highest BCUT2D eigenvalue weighted by Crippen LogP contribution is 2.32. The van der Waals surface area contributed by atoms with Crippen molar-refractivity contribution in [1.29, 1.82) is 0 Å². The van der Waals surface area contributed by atoms with Crippen LogP contribution in [0.5, 0.6) is 10.9 Å². The summed E-state index contributed by atoms with van der Waals surface area (Å²) in [4.78, 5) is 11.4. The van der Waals surface area contributed by atoms with Gasteiger partial charge in [0, 0.05) is 5.02 Å². The van der Waals surface area contributed by atoms with E-state index in [9.17, 15) is 4.79 Å². The van der Waals surface area contributed by atoms with Gasteiger partial charge in [0.25, 0.3) is 5.19 Å². The molecule has 0 atom stereocenters. The van der Waals surface area contributed by atoms with Gasteiger partial charge in [0.2, 0.25) is 5.01 Å². The zero-order valence-electron chi connectivity index (χ0n) is 9.72. The van der Waals surface area contributed by atoms with Crippen LogP contribution in [0.4, 0.5) is 0 Å². The van der Waals surface area contributed by atoms with Gasteiger partial charge in [0.15, 0.2) is 0 Å². The van der Waals surface area contributed by atoms with E-state index in [0.717, 1.165) is 11.3 Å². The Morgan fingerprint density at radius 3 is 2.84 bits per heavy atom. The number of benzene rings is 1. The van der Waals surface area contributed by atoms with Crippen LogP contribution in [-0.4, -0.2) is 22.8 Å². The molecular weight excluding hydrogens is 311 g/mol. The first-order valence-electron chi connectivity index (χ1n) is 5.23. The Hall–Kier alpha value is -1.37. The SMILES string of the molecule is CCOC(=O)c1nnc(Oc2ccc(Cl)cc2Cl)s1. The normalized spacial score (nSPS) is 10.3. The molecule has 0 bridgehead atoms. The van der Waals surface area contributed by atoms with Crippen LogP contribution in [0, 0.1) is 0 Å². The van der Waals surface area contributed by atoms with Crippen LogP contribution in [0.2, 0.25) is 10.0 Å². The lowest BCUT2D eigenvalue weighted by atomic mass is 10.3. The number of hydrogen-bond donors (Lipinski definition) is 0. The first-order valence-corrected chi connectivity index (χ1v) is 6.81. The standard InChI is InChI=1S/C11H8Cl2N2O3S/c1-2-17-10(16)9-14-15-11(19-9)18-8-4-3-6(12)5-7(8)13/h3-5H,2H2,1H3. The third-order valence-electron chi connectivity index (χ3n) is 1.95. The molecule has 0 aliphatic rings. The second-order valence-corrected chi connectivity index (χ2v) is 5.05. The number of carbonyl (C=O) groups excluding carboxylic acids is 1. The molecule has 0 radical (unpaired) electrons. The summed E-state index contributed by atoms with van der Waals surface area (Å²) < 4.78 is 10.2. The van der Waals surface area contributed by atoms with E-state index in [4.69, 9.17) is 32.7 Å². The van der Waals surface area contributed by atoms with E-state index in [0.29, 0.717) is 15.8 Å². The first-order chi connectivity index (χ1) is 9.10. The maximum atomic E-state index is 11.4. The molecule has 8 heteroatoms. The summed E-state index contributed by atoms with van der Waals surface area (Å²) in [5, 5.41) is 8.59. The summed E-state index contributed by atoms with van der Waals surface area (Å²) in [6.45, 7) is 1.99. The van der Waals surface area contributed by atoms with Gasteiger partial charge in [0.1, 0.15) is 5.75 Å². The van der Waals surface area contributed by atoms with Crippen molar-refractivity contribution in [2.24, 2.45) is 0 Å². The van der Waals surface area contributed by atoms with Gasteiger partial charge in [-0.1, -0.05) is 28.3 Å². The molecule has 2 aromatic rings. The maximum Gasteiger partial charge on any atom is 0.369 e. The molecule has 0 spiro atoms. The van der Waals surface area contributed by atoms with E-state index in [1.165, 1.54) is 0 Å². The summed E-state index contributed by atoms with van der Waals surface area (Å²) in [7, 11) is 0. The maximum absolute atomic E-state index is 11.4. The predicted octanol–water partition coefficient (Wildman–Crippen LogP) is 3.81. The molecule has 19 heavy (non-hydrogen) atoms. The molecule has 0 saturated carbocycles. The van der Waals surface area contributed by atoms with Crippen molar-refractivity contribution in [2.45, 2.75) is 6.92 Å². The lowest BCUT2D eigenvalue weighted by molar-refractivity contribution is 0.0525. The van der Waals surface area contributed by atoms with Crippen molar-refractivity contribution in [2.75, 3.05) is 6.61 Å². The van der Waals surface area contributed by atoms with E-state index in [-0.39, 0.29) is 16.8 Å². The van der Waals surface area contributed by atoms with Gasteiger partial charge in [0.05, 0.1) is 11.6 Å². The zero-order valence-corrected chi connectivity index (χ0v) is 12.1. The molecule has 0 fully saturated rings. The van der Waals surface area contributed by atoms with Gasteiger partial charge in [-0.3, -0.25) is 0 Å². The number of aromatic nitrogens is 2. The van der Waals surface area contributed by atoms with Crippen LogP contribution in [0.25, 0.3) is 0 Å². The van der Waals surface area contributed by atoms with Crippen LogP contribution < -0.4 is 4.74 Å². The molecule has 100 valence electrons. The van der Waals surface area contributed by atoms with E-state index in [1.807, 2.05) is 0 Å². The number of halogens is 2. The van der Waals surface area contributed by atoms with E-state index >= 15 is 0 Å². The topological polar surface area (TPSA) is 61.3 Å². The van der Waals surface area contributed by atoms with Gasteiger partial charge in [-0.25, -0.2) is 4.79 Å². The molecule has 0 aliphatic heterocycles. The van der Waals surface area contributed by atoms with Crippen LogP contribution >= 0.6 is 34.5 Å². The van der Waals surface area contributed by atoms with Gasteiger partial charge in [-0.2, -0.15) is 0 Å². The molecule has 1 heterocycles. The smallest absolute Gasteiger partial charge is 0.369 e. The Labute approximate surface area is 123 Å². The number of rotatable bonds is 4. The van der Waals surface area contributed by atoms with Crippen LogP contribution in [-0.2, 0) is 4.74 Å². The molecule has 0 N–H and O–H groups in total. The number of hydrogen-bond acceptors (Lipinski definition) is 6. The highest BCUT2D eigenvalue weighted by Gasteiger charge is 2.15. The molecule has 0 unspecified atom stereocenters. The fraction of sp³-hybridized carbons (Fsp3) is 0.182. The minimum Gasteiger partial charge on any atom is -0.461 e. The van der Waals surface area contributed by atoms with Gasteiger partial charge in [-0.05, 0) is 36.5 Å². The largest absolute Gasteiger partial charge is 0.461 e. The minimum atomic E-state index is -0.531. The van der Waals surface area contributed by atoms with Gasteiger partial charge in [-0.15, -0.1) is 5.10 Å². The highest BCUT2D eigenvalue weighted by molar-refractivity contribution is 7.14. The average Bonchev–Trinajstić information content (AvgIpc) is 2.82. The Balaban J connectivity index is 2.13. The predicted molar refractivity (Wildman–Crippen MR) is 72.4 cm³/mol. The molecule has 0 amide bonds. The van der Waals surface area contributed by atoms with Gasteiger partial charge >= 0.3 is 5.97 Å². The second kappa shape index (κ2) is 6.18. The lowest BCUT2D eigenvalue weighted by Crippen LogP contribution is -2.03. The molecule has 1 aromatic heterocycles. The highest BCUT2D eigenvalue weighted by atomic mass is 35.5. The molecule has 5 nitrogen and oxygen atoms in total. The van der Waals surface area contributed by atoms with Gasteiger partial charge < -0.3 is 9.47 Å². The van der Waals surface area contributed by atoms with Crippen molar-refractivity contribution in [3.05, 3.63) is 33.3 Å². The Bertz CT molecular complexity index is 603. The monoisotopic (exact) mass is 318 g/mol. The van der Waals surface area contributed by atoms with Crippen LogP contribution in [0.15, 0.2) is 18.2 Å². The first kappa shape index (κ1) is 14.0. The number of ether oxygens (including phenoxy) is 2. The third-order valence-corrected chi connectivity index (χ3v) is 3.26. The molecule has 0 aliphatic carbocycles. The second-order valence-electron chi connectivity index (χ2n) is 3.27. The van der Waals surface area contributed by atoms with Crippen LogP contribution in [0.3, 0.4) is 0 Å². The van der Waals surface area contributed by atoms with Crippen molar-refractivity contribution in [1.82, 2.24) is 10.2 Å². The average molecular weight is 319 g/mol. The number of esters is 1. The third kappa shape index (κ3) is 3.56. The van der Waals surface area contributed by atoms with E-state index < -0.39 is 5.97 Å². The molecule has 0 saturated heterocycles. The van der Waals surface area contributed by atoms with E-state index in [2.05, 4.69) is 10.2 Å². The Morgan fingerprint density at radius 2 is 2.16 bits per heavy atom.